The topological polar surface area (TPSA) is 123 Å². The Kier molecular flexibility index (Phi) is 6.38. The van der Waals surface area contributed by atoms with Crippen molar-refractivity contribution in [3.63, 3.8) is 0 Å². The van der Waals surface area contributed by atoms with E-state index >= 15 is 0 Å². The summed E-state index contributed by atoms with van der Waals surface area (Å²) in [5.41, 5.74) is 6.64. The smallest absolute Gasteiger partial charge is 0.253 e. The predicted octanol–water partition coefficient (Wildman–Crippen LogP) is -0.389. The van der Waals surface area contributed by atoms with Crippen molar-refractivity contribution in [1.82, 2.24) is 5.32 Å². The lowest BCUT2D eigenvalue weighted by Gasteiger charge is -2.27. The fourth-order valence-electron chi connectivity index (χ4n) is 3.12. The fraction of sp³-hybridized carbons (Fsp3) is 0.500. The van der Waals surface area contributed by atoms with Crippen LogP contribution in [-0.2, 0) is 23.9 Å². The van der Waals surface area contributed by atoms with Gasteiger partial charge in [0, 0.05) is 37.2 Å². The van der Waals surface area contributed by atoms with E-state index in [1.54, 1.807) is 29.2 Å². The minimum Gasteiger partial charge on any atom is -0.381 e. The lowest BCUT2D eigenvalue weighted by atomic mass is 10.1. The summed E-state index contributed by atoms with van der Waals surface area (Å²) in [6.45, 7) is 2.22. The minimum atomic E-state index is -1.12. The molecule has 0 aromatic heterocycles. The number of hydrogen-bond donors (Lipinski definition) is 3. The van der Waals surface area contributed by atoms with Crippen LogP contribution in [0.1, 0.15) is 12.8 Å². The SMILES string of the molecule is NC(=O)[C@H](NC1CCOCC1)C(=O)Nc1ccc(N2CCOCC2=O)cc1. The van der Waals surface area contributed by atoms with Gasteiger partial charge in [0.2, 0.25) is 5.91 Å². The van der Waals surface area contributed by atoms with Gasteiger partial charge in [0.1, 0.15) is 6.61 Å². The molecule has 9 heteroatoms. The first-order valence-electron chi connectivity index (χ1n) is 8.97. The number of anilines is 2. The van der Waals surface area contributed by atoms with E-state index in [9.17, 15) is 14.4 Å². The number of ether oxygens (including phenoxy) is 2. The summed E-state index contributed by atoms with van der Waals surface area (Å²) in [4.78, 5) is 37.7. The van der Waals surface area contributed by atoms with Crippen LogP contribution in [-0.4, -0.2) is 62.8 Å². The highest BCUT2D eigenvalue weighted by molar-refractivity contribution is 6.09. The van der Waals surface area contributed by atoms with E-state index < -0.39 is 17.9 Å². The van der Waals surface area contributed by atoms with E-state index in [4.69, 9.17) is 15.2 Å². The number of amides is 3. The molecule has 1 atom stereocenters. The van der Waals surface area contributed by atoms with Crippen molar-refractivity contribution in [3.05, 3.63) is 24.3 Å². The molecule has 2 fully saturated rings. The number of nitrogens with zero attached hydrogens (tertiary/aromatic N) is 1. The largest absolute Gasteiger partial charge is 0.381 e. The number of benzene rings is 1. The molecule has 2 aliphatic rings. The maximum Gasteiger partial charge on any atom is 0.253 e. The first-order chi connectivity index (χ1) is 13.0. The molecule has 27 heavy (non-hydrogen) atoms. The van der Waals surface area contributed by atoms with Crippen molar-refractivity contribution >= 4 is 29.1 Å². The molecule has 146 valence electrons. The normalized spacial score (nSPS) is 19.6. The average Bonchev–Trinajstić information content (AvgIpc) is 2.68. The third kappa shape index (κ3) is 5.03. The second-order valence-corrected chi connectivity index (χ2v) is 6.52. The summed E-state index contributed by atoms with van der Waals surface area (Å²) < 4.78 is 10.4. The van der Waals surface area contributed by atoms with Crippen LogP contribution in [0.3, 0.4) is 0 Å². The van der Waals surface area contributed by atoms with Crippen LogP contribution in [0.2, 0.25) is 0 Å². The number of hydrogen-bond acceptors (Lipinski definition) is 6. The zero-order chi connectivity index (χ0) is 19.2. The Labute approximate surface area is 157 Å². The van der Waals surface area contributed by atoms with E-state index in [-0.39, 0.29) is 18.6 Å². The van der Waals surface area contributed by atoms with Crippen molar-refractivity contribution in [2.75, 3.05) is 43.2 Å². The van der Waals surface area contributed by atoms with Crippen molar-refractivity contribution in [1.29, 1.82) is 0 Å². The maximum atomic E-state index is 12.5. The van der Waals surface area contributed by atoms with E-state index in [2.05, 4.69) is 10.6 Å². The Morgan fingerprint density at radius 3 is 2.44 bits per heavy atom. The first kappa shape index (κ1) is 19.3. The second-order valence-electron chi connectivity index (χ2n) is 6.52. The molecule has 0 bridgehead atoms. The lowest BCUT2D eigenvalue weighted by Crippen LogP contribution is -2.54. The van der Waals surface area contributed by atoms with E-state index in [1.807, 2.05) is 0 Å². The van der Waals surface area contributed by atoms with Gasteiger partial charge in [-0.3, -0.25) is 19.7 Å². The second kappa shape index (κ2) is 8.94. The van der Waals surface area contributed by atoms with Crippen LogP contribution in [0.25, 0.3) is 0 Å². The molecule has 1 aromatic carbocycles. The van der Waals surface area contributed by atoms with Crippen LogP contribution in [0.15, 0.2) is 24.3 Å². The van der Waals surface area contributed by atoms with Crippen LogP contribution in [0, 0.1) is 0 Å². The van der Waals surface area contributed by atoms with Crippen molar-refractivity contribution in [2.24, 2.45) is 5.73 Å². The van der Waals surface area contributed by atoms with Gasteiger partial charge in [0.25, 0.3) is 11.8 Å². The highest BCUT2D eigenvalue weighted by Gasteiger charge is 2.28. The number of carbonyl (C=O) groups is 3. The number of primary amides is 1. The van der Waals surface area contributed by atoms with Gasteiger partial charge in [-0.25, -0.2) is 0 Å². The molecule has 0 spiro atoms. The number of rotatable bonds is 6. The Morgan fingerprint density at radius 1 is 1.11 bits per heavy atom. The summed E-state index contributed by atoms with van der Waals surface area (Å²) in [6, 6.07) is 5.74. The van der Waals surface area contributed by atoms with Crippen LogP contribution in [0.4, 0.5) is 11.4 Å². The number of morpholine rings is 1. The summed E-state index contributed by atoms with van der Waals surface area (Å²) in [5.74, 6) is -1.34. The summed E-state index contributed by atoms with van der Waals surface area (Å²) >= 11 is 0. The fourth-order valence-corrected chi connectivity index (χ4v) is 3.12. The van der Waals surface area contributed by atoms with Gasteiger partial charge in [-0.1, -0.05) is 0 Å². The van der Waals surface area contributed by atoms with Gasteiger partial charge in [0.05, 0.1) is 6.61 Å². The summed E-state index contributed by atoms with van der Waals surface area (Å²) in [6.07, 6.45) is 1.44. The van der Waals surface area contributed by atoms with Crippen LogP contribution >= 0.6 is 0 Å². The van der Waals surface area contributed by atoms with Crippen molar-refractivity contribution in [2.45, 2.75) is 24.9 Å². The van der Waals surface area contributed by atoms with Gasteiger partial charge < -0.3 is 25.4 Å². The molecule has 1 aromatic rings. The summed E-state index contributed by atoms with van der Waals surface area (Å²) in [7, 11) is 0. The van der Waals surface area contributed by atoms with E-state index in [0.717, 1.165) is 18.5 Å². The molecule has 4 N–H and O–H groups in total. The molecule has 2 saturated heterocycles. The van der Waals surface area contributed by atoms with Gasteiger partial charge in [-0.15, -0.1) is 0 Å². The summed E-state index contributed by atoms with van der Waals surface area (Å²) in [5, 5.41) is 5.70. The number of nitrogens with two attached hydrogens (primary N) is 1. The van der Waals surface area contributed by atoms with Crippen molar-refractivity contribution in [3.8, 4) is 0 Å². The zero-order valence-electron chi connectivity index (χ0n) is 15.0. The molecule has 0 radical (unpaired) electrons. The van der Waals surface area contributed by atoms with E-state index in [0.29, 0.717) is 32.1 Å². The van der Waals surface area contributed by atoms with Gasteiger partial charge in [0.15, 0.2) is 6.04 Å². The standard InChI is InChI=1S/C18H24N4O5/c19-17(24)16(20-13-5-8-26-9-6-13)18(25)21-12-1-3-14(4-2-12)22-7-10-27-11-15(22)23/h1-4,13,16,20H,5-11H2,(H2,19,24)(H,21,25)/t16-/m0/s1. The average molecular weight is 376 g/mol. The molecular formula is C18H24N4O5. The Bertz CT molecular complexity index is 687. The molecule has 3 rings (SSSR count). The highest BCUT2D eigenvalue weighted by Crippen LogP contribution is 2.20. The molecule has 2 heterocycles. The highest BCUT2D eigenvalue weighted by atomic mass is 16.5. The molecular weight excluding hydrogens is 352 g/mol. The Hall–Kier alpha value is -2.49. The lowest BCUT2D eigenvalue weighted by molar-refractivity contribution is -0.128. The Morgan fingerprint density at radius 2 is 1.81 bits per heavy atom. The molecule has 0 aliphatic carbocycles. The van der Waals surface area contributed by atoms with Crippen LogP contribution < -0.4 is 21.3 Å². The minimum absolute atomic E-state index is 0.0108. The molecule has 2 aliphatic heterocycles. The zero-order valence-corrected chi connectivity index (χ0v) is 15.0. The Balaban J connectivity index is 1.61. The van der Waals surface area contributed by atoms with Gasteiger partial charge >= 0.3 is 0 Å². The van der Waals surface area contributed by atoms with E-state index in [1.165, 1.54) is 0 Å². The monoisotopic (exact) mass is 376 g/mol. The maximum absolute atomic E-state index is 12.5. The third-order valence-electron chi connectivity index (χ3n) is 4.60. The van der Waals surface area contributed by atoms with Crippen LogP contribution in [0.5, 0.6) is 0 Å². The number of carbonyl (C=O) groups excluding carboxylic acids is 3. The number of nitrogens with one attached hydrogen (secondary N) is 2. The predicted molar refractivity (Wildman–Crippen MR) is 98.2 cm³/mol. The third-order valence-corrected chi connectivity index (χ3v) is 4.60. The van der Waals surface area contributed by atoms with Gasteiger partial charge in [-0.2, -0.15) is 0 Å². The van der Waals surface area contributed by atoms with Gasteiger partial charge in [-0.05, 0) is 37.1 Å². The molecule has 0 saturated carbocycles. The quantitative estimate of drug-likeness (QED) is 0.581. The molecule has 0 unspecified atom stereocenters. The first-order valence-corrected chi connectivity index (χ1v) is 8.97. The molecule has 3 amide bonds. The van der Waals surface area contributed by atoms with Crippen molar-refractivity contribution < 1.29 is 23.9 Å². The molecule has 9 nitrogen and oxygen atoms in total.